The highest BCUT2D eigenvalue weighted by molar-refractivity contribution is 5.80. The average molecular weight is 1490 g/mol. The first-order valence-electron chi connectivity index (χ1n) is 43.5. The van der Waals surface area contributed by atoms with Crippen molar-refractivity contribution in [2.75, 3.05) is 246 Å². The quantitative estimate of drug-likeness (QED) is 0.120. The minimum atomic E-state index is -0.0324. The van der Waals surface area contributed by atoms with E-state index in [9.17, 15) is 14.7 Å². The molecule has 105 heavy (non-hydrogen) atoms. The van der Waals surface area contributed by atoms with Crippen LogP contribution in [-0.4, -0.2) is 408 Å². The van der Waals surface area contributed by atoms with Crippen molar-refractivity contribution >= 4 is 11.7 Å². The number of hydrogen-bond acceptors (Lipinski definition) is 19. The molecular weight excluding hydrogens is 1310 g/mol. The zero-order valence-electron chi connectivity index (χ0n) is 74.1. The SMILES string of the molecule is CC(C)C(=O)CCCN(C)C.CC(C)C(=O)N1CCN(C)CC1.CC(C)N1CCC(CCO)CC1.CC(C)N1CCC(N(C)C)C1.CC(C)N1CCC(N2CCCC2)CC1.CC(C)N1CCC(N2CCN(C)CC2)CC1.CC(C)N1CCC(O)CC1.CC(C)N1CCN(C)CC1.CC(C)N1CCNCC1. The van der Waals surface area contributed by atoms with Crippen LogP contribution < -0.4 is 5.32 Å². The fourth-order valence-corrected chi connectivity index (χ4v) is 15.6. The molecule has 1 atom stereocenters. The van der Waals surface area contributed by atoms with Crippen LogP contribution >= 0.6 is 0 Å². The number of piperidine rings is 4. The van der Waals surface area contributed by atoms with E-state index in [0.717, 1.165) is 145 Å². The van der Waals surface area contributed by atoms with Gasteiger partial charge in [0.1, 0.15) is 5.78 Å². The fraction of sp³-hybridized carbons (Fsp3) is 0.976. The standard InChI is InChI=1S/C13H27N3.C12H24N2.C10H21NO.C9H18N2O.C9H20N2.C9H19NO.C8H18N2.C8H17NO.C7H16N2/c1-12(2)15-6-4-13(5-7-15)16-10-8-14(3)9-11-16;1-11(2)13-9-5-12(6-10-13)14-7-3-4-8-14;1-9(2)11-6-3-10(4-7-11)5-8-12;1-8(2)9(12)11-6-4-10(3)5-7-11;1-8(2)11-6-5-9(7-11)10(3)4;1-8(2)9(11)6-5-7-10(3)4;1-8(2)10-6-4-9(3)5-7-10;1-7(2)9-5-3-8(10)4-6-9;1-7(2)9-5-3-8-4-6-9/h12-13H,4-11H2,1-3H3;11-12H,3-10H2,1-2H3;9-10,12H,3-8H2,1-2H3;8H,4-7H2,1-3H3;8-9H,5-7H2,1-4H3;8H,5-7H2,1-4H3;8H,4-7H2,1-3H3;7-8,10H,3-6H2,1-2H3;7-8H,3-6H2,1-2H3. The number of likely N-dealkylation sites (N-methyl/N-ethyl adjacent to an activating group) is 4. The highest BCUT2D eigenvalue weighted by Gasteiger charge is 2.30. The van der Waals surface area contributed by atoms with Gasteiger partial charge in [0, 0.05) is 216 Å². The zero-order chi connectivity index (χ0) is 78.7. The summed E-state index contributed by atoms with van der Waals surface area (Å²) in [4.78, 5) is 59.3. The molecule has 10 rings (SSSR count). The van der Waals surface area contributed by atoms with Gasteiger partial charge in [0.15, 0.2) is 0 Å². The summed E-state index contributed by atoms with van der Waals surface area (Å²) in [5.74, 6) is 1.81. The van der Waals surface area contributed by atoms with Crippen LogP contribution in [0, 0.1) is 17.8 Å². The lowest BCUT2D eigenvalue weighted by atomic mass is 9.93. The summed E-state index contributed by atoms with van der Waals surface area (Å²) in [5.41, 5.74) is 0. The molecule has 10 aliphatic rings. The number of carbonyl (C=O) groups is 2. The van der Waals surface area contributed by atoms with Crippen LogP contribution in [0.25, 0.3) is 0 Å². The lowest BCUT2D eigenvalue weighted by molar-refractivity contribution is -0.136. The second kappa shape index (κ2) is 56.6. The van der Waals surface area contributed by atoms with E-state index < -0.39 is 0 Å². The topological polar surface area (TPSA) is 135 Å². The Morgan fingerprint density at radius 2 is 0.743 bits per heavy atom. The van der Waals surface area contributed by atoms with Crippen LogP contribution in [0.5, 0.6) is 0 Å². The molecule has 3 N–H and O–H groups in total. The van der Waals surface area contributed by atoms with Gasteiger partial charge in [0.2, 0.25) is 5.91 Å². The molecule has 10 aliphatic heterocycles. The predicted molar refractivity (Wildman–Crippen MR) is 452 cm³/mol. The molecule has 10 saturated heterocycles. The van der Waals surface area contributed by atoms with Gasteiger partial charge in [-0.05, 0) is 295 Å². The van der Waals surface area contributed by atoms with Crippen molar-refractivity contribution in [2.45, 2.75) is 281 Å². The Bertz CT molecular complexity index is 2020. The van der Waals surface area contributed by atoms with Crippen molar-refractivity contribution in [3.8, 4) is 0 Å². The monoisotopic (exact) mass is 1490 g/mol. The van der Waals surface area contributed by atoms with Crippen LogP contribution in [0.15, 0.2) is 0 Å². The number of piperazine rings is 4. The van der Waals surface area contributed by atoms with Crippen molar-refractivity contribution in [3.63, 3.8) is 0 Å². The smallest absolute Gasteiger partial charge is 0.225 e. The van der Waals surface area contributed by atoms with Crippen LogP contribution in [-0.2, 0) is 9.59 Å². The van der Waals surface area contributed by atoms with E-state index in [1.165, 1.54) is 189 Å². The maximum absolute atomic E-state index is 11.5. The molecule has 0 radical (unpaired) electrons. The average Bonchev–Trinajstić information content (AvgIpc) is 1.70. The van der Waals surface area contributed by atoms with Gasteiger partial charge in [-0.2, -0.15) is 0 Å². The minimum absolute atomic E-state index is 0.0324. The third-order valence-electron chi connectivity index (χ3n) is 24.1. The lowest BCUT2D eigenvalue weighted by Crippen LogP contribution is -2.53. The summed E-state index contributed by atoms with van der Waals surface area (Å²) in [6.45, 7) is 74.7. The molecule has 0 aromatic heterocycles. The number of aliphatic hydroxyl groups is 2. The van der Waals surface area contributed by atoms with Crippen molar-refractivity contribution < 1.29 is 19.8 Å². The third-order valence-corrected chi connectivity index (χ3v) is 24.1. The van der Waals surface area contributed by atoms with E-state index in [4.69, 9.17) is 5.11 Å². The molecule has 0 bridgehead atoms. The van der Waals surface area contributed by atoms with E-state index in [0.29, 0.717) is 30.4 Å². The summed E-state index contributed by atoms with van der Waals surface area (Å²) in [6.07, 6.45) is 16.9. The van der Waals surface area contributed by atoms with Gasteiger partial charge in [-0.1, -0.05) is 27.7 Å². The lowest BCUT2D eigenvalue weighted by Gasteiger charge is -2.43. The van der Waals surface area contributed by atoms with E-state index in [-0.39, 0.29) is 17.9 Å². The van der Waals surface area contributed by atoms with Crippen molar-refractivity contribution in [2.24, 2.45) is 17.8 Å². The molecule has 0 aliphatic carbocycles. The molecule has 0 spiro atoms. The number of nitrogens with one attached hydrogen (secondary N) is 1. The first kappa shape index (κ1) is 99.5. The Morgan fingerprint density at radius 3 is 1.08 bits per heavy atom. The number of carbonyl (C=O) groups excluding carboxylic acids is 2. The minimum Gasteiger partial charge on any atom is -0.396 e. The Kier molecular flexibility index (Phi) is 53.7. The van der Waals surface area contributed by atoms with E-state index in [1.807, 2.05) is 46.7 Å². The largest absolute Gasteiger partial charge is 0.396 e. The number of Topliss-reactive ketones (excluding diaryl/α,β-unsaturated/α-hetero) is 1. The van der Waals surface area contributed by atoms with E-state index >= 15 is 0 Å². The predicted octanol–water partition coefficient (Wildman–Crippen LogP) is 9.34. The van der Waals surface area contributed by atoms with Gasteiger partial charge < -0.3 is 69.4 Å². The van der Waals surface area contributed by atoms with Crippen LogP contribution in [0.3, 0.4) is 0 Å². The van der Waals surface area contributed by atoms with E-state index in [1.54, 1.807) is 0 Å². The Hall–Kier alpha value is -1.54. The molecule has 20 nitrogen and oxygen atoms in total. The van der Waals surface area contributed by atoms with Crippen molar-refractivity contribution in [3.05, 3.63) is 0 Å². The highest BCUT2D eigenvalue weighted by atomic mass is 16.3. The Morgan fingerprint density at radius 1 is 0.400 bits per heavy atom. The second-order valence-corrected chi connectivity index (χ2v) is 35.9. The second-order valence-electron chi connectivity index (χ2n) is 35.9. The molecule has 20 heteroatoms. The normalized spacial score (nSPS) is 23.3. The molecular formula is C85H180N16O4. The molecule has 1 amide bonds. The summed E-state index contributed by atoms with van der Waals surface area (Å²) < 4.78 is 0. The van der Waals surface area contributed by atoms with Gasteiger partial charge in [0.05, 0.1) is 6.10 Å². The number of likely N-dealkylation sites (tertiary alicyclic amines) is 6. The first-order valence-corrected chi connectivity index (χ1v) is 43.5. The fourth-order valence-electron chi connectivity index (χ4n) is 15.6. The zero-order valence-corrected chi connectivity index (χ0v) is 74.1. The molecule has 0 aromatic carbocycles. The summed E-state index contributed by atoms with van der Waals surface area (Å²) in [6, 6.07) is 7.56. The number of nitrogens with zero attached hydrogens (tertiary/aromatic N) is 15. The van der Waals surface area contributed by atoms with Crippen molar-refractivity contribution in [1.82, 2.24) is 78.8 Å². The van der Waals surface area contributed by atoms with Crippen LogP contribution in [0.1, 0.15) is 215 Å². The number of hydrogen-bond donors (Lipinski definition) is 3. The molecule has 0 aromatic rings. The maximum Gasteiger partial charge on any atom is 0.225 e. The maximum atomic E-state index is 11.5. The molecule has 1 unspecified atom stereocenters. The van der Waals surface area contributed by atoms with Crippen LogP contribution in [0.4, 0.5) is 0 Å². The van der Waals surface area contributed by atoms with Gasteiger partial charge in [0.25, 0.3) is 0 Å². The van der Waals surface area contributed by atoms with Gasteiger partial charge in [-0.25, -0.2) is 0 Å². The molecule has 10 heterocycles. The third kappa shape index (κ3) is 43.9. The van der Waals surface area contributed by atoms with Gasteiger partial charge in [-0.3, -0.25) is 29.2 Å². The number of ketones is 1. The summed E-state index contributed by atoms with van der Waals surface area (Å²) in [7, 11) is 14.9. The van der Waals surface area contributed by atoms with Crippen LogP contribution in [0.2, 0.25) is 0 Å². The first-order chi connectivity index (χ1) is 49.6. The highest BCUT2D eigenvalue weighted by Crippen LogP contribution is 2.24. The molecule has 624 valence electrons. The summed E-state index contributed by atoms with van der Waals surface area (Å²) >= 11 is 0. The Labute approximate surface area is 651 Å². The van der Waals surface area contributed by atoms with Gasteiger partial charge >= 0.3 is 0 Å². The number of aliphatic hydroxyl groups excluding tert-OH is 2. The summed E-state index contributed by atoms with van der Waals surface area (Å²) in [5, 5.41) is 21.3. The van der Waals surface area contributed by atoms with Gasteiger partial charge in [-0.15, -0.1) is 0 Å². The van der Waals surface area contributed by atoms with Crippen molar-refractivity contribution in [1.29, 1.82) is 0 Å². The molecule has 0 saturated carbocycles. The number of amides is 1. The number of rotatable bonds is 18. The van der Waals surface area contributed by atoms with E-state index in [2.05, 4.69) is 206 Å². The molecule has 10 fully saturated rings. The Balaban J connectivity index is 0.000000403.